The third-order valence-electron chi connectivity index (χ3n) is 4.88. The fourth-order valence-corrected chi connectivity index (χ4v) is 3.51. The summed E-state index contributed by atoms with van der Waals surface area (Å²) in [5.41, 5.74) is 5.48. The Kier molecular flexibility index (Phi) is 5.97. The molecule has 23 heavy (non-hydrogen) atoms. The number of anilines is 1. The molecule has 5 heteroatoms. The maximum absolute atomic E-state index is 11.2. The Hall–Kier alpha value is -1.65. The quantitative estimate of drug-likeness (QED) is 0.874. The van der Waals surface area contributed by atoms with Crippen molar-refractivity contribution >= 4 is 11.7 Å². The summed E-state index contributed by atoms with van der Waals surface area (Å²) in [6, 6.07) is 4.07. The van der Waals surface area contributed by atoms with Crippen LogP contribution in [0.5, 0.6) is 0 Å². The van der Waals surface area contributed by atoms with Crippen molar-refractivity contribution in [1.82, 2.24) is 10.2 Å². The van der Waals surface area contributed by atoms with Gasteiger partial charge in [-0.05, 0) is 55.6 Å². The van der Waals surface area contributed by atoms with Crippen molar-refractivity contribution in [2.24, 2.45) is 23.5 Å². The monoisotopic (exact) mass is 318 g/mol. The molecule has 1 aromatic rings. The van der Waals surface area contributed by atoms with E-state index in [1.54, 1.807) is 6.07 Å². The van der Waals surface area contributed by atoms with Crippen LogP contribution in [0.2, 0.25) is 0 Å². The second kappa shape index (κ2) is 7.75. The molecule has 0 saturated heterocycles. The average molecular weight is 318 g/mol. The molecule has 1 heterocycles. The first-order valence-corrected chi connectivity index (χ1v) is 8.78. The molecule has 0 unspecified atom stereocenters. The topological polar surface area (TPSA) is 72.1 Å². The van der Waals surface area contributed by atoms with Crippen LogP contribution < -0.4 is 10.6 Å². The first-order chi connectivity index (χ1) is 10.9. The van der Waals surface area contributed by atoms with Crippen molar-refractivity contribution in [3.05, 3.63) is 17.8 Å². The van der Waals surface area contributed by atoms with Gasteiger partial charge in [0.15, 0.2) is 11.5 Å². The van der Waals surface area contributed by atoms with E-state index in [1.165, 1.54) is 25.7 Å². The Morgan fingerprint density at radius 2 is 1.83 bits per heavy atom. The predicted molar refractivity (Wildman–Crippen MR) is 93.3 cm³/mol. The lowest BCUT2D eigenvalue weighted by molar-refractivity contribution is 0.0994. The summed E-state index contributed by atoms with van der Waals surface area (Å²) < 4.78 is 0. The molecule has 0 radical (unpaired) electrons. The Labute approximate surface area is 139 Å². The minimum absolute atomic E-state index is 0.224. The van der Waals surface area contributed by atoms with Gasteiger partial charge in [-0.1, -0.05) is 27.7 Å². The van der Waals surface area contributed by atoms with Gasteiger partial charge in [0.2, 0.25) is 0 Å². The Morgan fingerprint density at radius 3 is 2.26 bits per heavy atom. The number of primary amides is 1. The van der Waals surface area contributed by atoms with E-state index in [4.69, 9.17) is 5.73 Å². The van der Waals surface area contributed by atoms with E-state index >= 15 is 0 Å². The molecular weight excluding hydrogens is 288 g/mol. The van der Waals surface area contributed by atoms with E-state index in [0.29, 0.717) is 12.0 Å². The second-order valence-electron chi connectivity index (χ2n) is 7.50. The summed E-state index contributed by atoms with van der Waals surface area (Å²) in [6.07, 6.45) is 4.97. The van der Waals surface area contributed by atoms with E-state index in [1.807, 2.05) is 6.07 Å². The lowest BCUT2D eigenvalue weighted by Gasteiger charge is -2.39. The molecule has 2 rings (SSSR count). The van der Waals surface area contributed by atoms with Gasteiger partial charge >= 0.3 is 0 Å². The number of amides is 1. The lowest BCUT2D eigenvalue weighted by atomic mass is 9.79. The summed E-state index contributed by atoms with van der Waals surface area (Å²) in [4.78, 5) is 13.5. The predicted octanol–water partition coefficient (Wildman–Crippen LogP) is 3.25. The number of hydrogen-bond donors (Lipinski definition) is 1. The molecule has 1 fully saturated rings. The van der Waals surface area contributed by atoms with Crippen molar-refractivity contribution in [1.29, 1.82) is 0 Å². The van der Waals surface area contributed by atoms with Crippen molar-refractivity contribution in [2.45, 2.75) is 59.4 Å². The molecule has 1 aromatic heterocycles. The number of carbonyl (C=O) groups excluding carboxylic acids is 1. The highest BCUT2D eigenvalue weighted by molar-refractivity contribution is 5.90. The lowest BCUT2D eigenvalue weighted by Crippen LogP contribution is -2.41. The highest BCUT2D eigenvalue weighted by Gasteiger charge is 2.28. The first kappa shape index (κ1) is 17.7. The zero-order chi connectivity index (χ0) is 17.0. The standard InChI is InChI=1S/C18H30N4O/c1-12(2)11-22(15-7-5-14(6-8-15)13(3)4)17-10-9-16(18(19)23)20-21-17/h9-10,12-15H,5-8,11H2,1-4H3,(H2,19,23). The molecule has 2 N–H and O–H groups in total. The molecule has 0 bridgehead atoms. The Balaban J connectivity index is 2.12. The SMILES string of the molecule is CC(C)CN(c1ccc(C(N)=O)nn1)C1CCC(C(C)C)CC1. The number of aromatic nitrogens is 2. The van der Waals surface area contributed by atoms with E-state index in [-0.39, 0.29) is 5.69 Å². The highest BCUT2D eigenvalue weighted by Crippen LogP contribution is 2.33. The molecule has 1 aliphatic rings. The summed E-state index contributed by atoms with van der Waals surface area (Å²) in [7, 11) is 0. The van der Waals surface area contributed by atoms with Gasteiger partial charge in [-0.2, -0.15) is 0 Å². The molecule has 0 spiro atoms. The normalized spacial score (nSPS) is 21.7. The zero-order valence-electron chi connectivity index (χ0n) is 14.8. The zero-order valence-corrected chi connectivity index (χ0v) is 14.8. The summed E-state index contributed by atoms with van der Waals surface area (Å²) in [5.74, 6) is 2.49. The number of rotatable bonds is 6. The van der Waals surface area contributed by atoms with Crippen molar-refractivity contribution in [2.75, 3.05) is 11.4 Å². The molecule has 1 saturated carbocycles. The van der Waals surface area contributed by atoms with E-state index < -0.39 is 5.91 Å². The van der Waals surface area contributed by atoms with Gasteiger partial charge < -0.3 is 10.6 Å². The van der Waals surface area contributed by atoms with Gasteiger partial charge in [0.05, 0.1) is 0 Å². The molecule has 0 aliphatic heterocycles. The maximum Gasteiger partial charge on any atom is 0.269 e. The van der Waals surface area contributed by atoms with Crippen LogP contribution in [-0.4, -0.2) is 28.7 Å². The Bertz CT molecular complexity index is 504. The first-order valence-electron chi connectivity index (χ1n) is 8.78. The summed E-state index contributed by atoms with van der Waals surface area (Å²) >= 11 is 0. The minimum Gasteiger partial charge on any atom is -0.364 e. The van der Waals surface area contributed by atoms with Crippen LogP contribution in [0.3, 0.4) is 0 Å². The van der Waals surface area contributed by atoms with Gasteiger partial charge in [-0.25, -0.2) is 0 Å². The smallest absolute Gasteiger partial charge is 0.269 e. The van der Waals surface area contributed by atoms with Crippen LogP contribution in [-0.2, 0) is 0 Å². The largest absolute Gasteiger partial charge is 0.364 e. The summed E-state index contributed by atoms with van der Waals surface area (Å²) in [6.45, 7) is 10.0. The number of nitrogens with two attached hydrogens (primary N) is 1. The van der Waals surface area contributed by atoms with Gasteiger partial charge in [0.25, 0.3) is 5.91 Å². The van der Waals surface area contributed by atoms with Crippen LogP contribution in [0.4, 0.5) is 5.82 Å². The molecular formula is C18H30N4O. The molecule has 0 aromatic carbocycles. The summed E-state index contributed by atoms with van der Waals surface area (Å²) in [5, 5.41) is 8.24. The average Bonchev–Trinajstić information content (AvgIpc) is 2.52. The van der Waals surface area contributed by atoms with Gasteiger partial charge in [-0.3, -0.25) is 4.79 Å². The second-order valence-corrected chi connectivity index (χ2v) is 7.50. The third kappa shape index (κ3) is 4.66. The van der Waals surface area contributed by atoms with Gasteiger partial charge in [0.1, 0.15) is 0 Å². The van der Waals surface area contributed by atoms with Crippen molar-refractivity contribution in [3.8, 4) is 0 Å². The van der Waals surface area contributed by atoms with Crippen LogP contribution in [0.25, 0.3) is 0 Å². The molecule has 128 valence electrons. The number of carbonyl (C=O) groups is 1. The molecule has 5 nitrogen and oxygen atoms in total. The van der Waals surface area contributed by atoms with Crippen LogP contribution in [0, 0.1) is 17.8 Å². The van der Waals surface area contributed by atoms with Crippen LogP contribution in [0.1, 0.15) is 63.9 Å². The molecule has 0 atom stereocenters. The highest BCUT2D eigenvalue weighted by atomic mass is 16.1. The van der Waals surface area contributed by atoms with Crippen LogP contribution in [0.15, 0.2) is 12.1 Å². The maximum atomic E-state index is 11.2. The van der Waals surface area contributed by atoms with Crippen molar-refractivity contribution < 1.29 is 4.79 Å². The van der Waals surface area contributed by atoms with E-state index in [0.717, 1.165) is 24.2 Å². The third-order valence-corrected chi connectivity index (χ3v) is 4.88. The molecule has 1 aliphatic carbocycles. The van der Waals surface area contributed by atoms with Crippen molar-refractivity contribution in [3.63, 3.8) is 0 Å². The fraction of sp³-hybridized carbons (Fsp3) is 0.722. The van der Waals surface area contributed by atoms with Gasteiger partial charge in [-0.15, -0.1) is 10.2 Å². The fourth-order valence-electron chi connectivity index (χ4n) is 3.51. The Morgan fingerprint density at radius 1 is 1.17 bits per heavy atom. The number of nitrogens with zero attached hydrogens (tertiary/aromatic N) is 3. The van der Waals surface area contributed by atoms with E-state index in [2.05, 4.69) is 42.8 Å². The number of hydrogen-bond acceptors (Lipinski definition) is 4. The molecule has 1 amide bonds. The van der Waals surface area contributed by atoms with Gasteiger partial charge in [0, 0.05) is 12.6 Å². The minimum atomic E-state index is -0.531. The van der Waals surface area contributed by atoms with E-state index in [9.17, 15) is 4.79 Å². The van der Waals surface area contributed by atoms with Crippen LogP contribution >= 0.6 is 0 Å².